The van der Waals surface area contributed by atoms with Crippen molar-refractivity contribution in [1.29, 1.82) is 0 Å². The number of carbonyl (C=O) groups is 2. The number of benzene rings is 1. The van der Waals surface area contributed by atoms with Crippen molar-refractivity contribution in [1.82, 2.24) is 15.1 Å². The number of carbonyl (C=O) groups excluding carboxylic acids is 2. The first-order valence-corrected chi connectivity index (χ1v) is 10.0. The summed E-state index contributed by atoms with van der Waals surface area (Å²) in [5.74, 6) is 0.319. The zero-order chi connectivity index (χ0) is 20.6. The molecule has 0 saturated carbocycles. The maximum Gasteiger partial charge on any atom is 0.409 e. The van der Waals surface area contributed by atoms with Gasteiger partial charge in [-0.15, -0.1) is 10.2 Å². The lowest BCUT2D eigenvalue weighted by Crippen LogP contribution is -2.42. The van der Waals surface area contributed by atoms with E-state index in [9.17, 15) is 9.59 Å². The lowest BCUT2D eigenvalue weighted by atomic mass is 10.1. The molecule has 1 aliphatic rings. The van der Waals surface area contributed by atoms with Gasteiger partial charge in [-0.2, -0.15) is 0 Å². The molecule has 1 fully saturated rings. The quantitative estimate of drug-likeness (QED) is 0.776. The van der Waals surface area contributed by atoms with E-state index in [0.29, 0.717) is 25.5 Å². The third-order valence-electron chi connectivity index (χ3n) is 4.89. The molecule has 8 heteroatoms. The zero-order valence-corrected chi connectivity index (χ0v) is 16.9. The monoisotopic (exact) mass is 397 g/mol. The summed E-state index contributed by atoms with van der Waals surface area (Å²) in [4.78, 5) is 25.8. The maximum absolute atomic E-state index is 12.3. The number of aromatic nitrogens is 2. The minimum Gasteiger partial charge on any atom is -0.450 e. The van der Waals surface area contributed by atoms with Gasteiger partial charge in [0.1, 0.15) is 5.82 Å². The van der Waals surface area contributed by atoms with Crippen LogP contribution in [-0.4, -0.2) is 52.8 Å². The van der Waals surface area contributed by atoms with Crippen LogP contribution in [0.2, 0.25) is 0 Å². The van der Waals surface area contributed by atoms with Gasteiger partial charge in [-0.3, -0.25) is 4.79 Å². The number of nitrogens with one attached hydrogen (secondary N) is 2. The van der Waals surface area contributed by atoms with Gasteiger partial charge in [-0.25, -0.2) is 4.79 Å². The number of anilines is 2. The van der Waals surface area contributed by atoms with E-state index < -0.39 is 0 Å². The Morgan fingerprint density at radius 3 is 2.38 bits per heavy atom. The Morgan fingerprint density at radius 2 is 1.79 bits per heavy atom. The molecular formula is C21H27N5O3. The van der Waals surface area contributed by atoms with E-state index in [0.717, 1.165) is 24.9 Å². The standard InChI is InChI=1S/C21H27N5O3/c1-3-15-5-7-16(8-6-15)23-20(27)18-9-10-19(25-24-18)22-17-11-13-26(14-12-17)21(28)29-4-2/h5-10,17H,3-4,11-14H2,1-2H3,(H,22,25)(H,23,27). The highest BCUT2D eigenvalue weighted by Gasteiger charge is 2.23. The van der Waals surface area contributed by atoms with Crippen LogP contribution >= 0.6 is 0 Å². The van der Waals surface area contributed by atoms with Crippen LogP contribution in [0.3, 0.4) is 0 Å². The number of hydrogen-bond donors (Lipinski definition) is 2. The second-order valence-electron chi connectivity index (χ2n) is 6.91. The highest BCUT2D eigenvalue weighted by atomic mass is 16.6. The minimum absolute atomic E-state index is 0.201. The van der Waals surface area contributed by atoms with Crippen LogP contribution in [0.4, 0.5) is 16.3 Å². The number of amides is 2. The molecule has 0 radical (unpaired) electrons. The average Bonchev–Trinajstić information content (AvgIpc) is 2.75. The average molecular weight is 397 g/mol. The van der Waals surface area contributed by atoms with Gasteiger partial charge in [0.05, 0.1) is 6.61 Å². The van der Waals surface area contributed by atoms with Crippen molar-refractivity contribution in [2.45, 2.75) is 39.2 Å². The smallest absolute Gasteiger partial charge is 0.409 e. The Balaban J connectivity index is 1.49. The van der Waals surface area contributed by atoms with Crippen LogP contribution in [0.15, 0.2) is 36.4 Å². The Bertz CT molecular complexity index is 815. The molecule has 2 N–H and O–H groups in total. The van der Waals surface area contributed by atoms with Crippen LogP contribution < -0.4 is 10.6 Å². The molecule has 0 atom stereocenters. The van der Waals surface area contributed by atoms with Crippen LogP contribution in [0.5, 0.6) is 0 Å². The normalized spacial score (nSPS) is 14.3. The lowest BCUT2D eigenvalue weighted by molar-refractivity contribution is 0.0982. The molecule has 0 bridgehead atoms. The topological polar surface area (TPSA) is 96.5 Å². The SMILES string of the molecule is CCOC(=O)N1CCC(Nc2ccc(C(=O)Nc3ccc(CC)cc3)nn2)CC1. The molecule has 2 heterocycles. The van der Waals surface area contributed by atoms with Gasteiger partial charge in [0.15, 0.2) is 5.69 Å². The number of ether oxygens (including phenoxy) is 1. The zero-order valence-electron chi connectivity index (χ0n) is 16.9. The fraction of sp³-hybridized carbons (Fsp3) is 0.429. The predicted molar refractivity (Wildman–Crippen MR) is 111 cm³/mol. The van der Waals surface area contributed by atoms with Gasteiger partial charge in [0.25, 0.3) is 5.91 Å². The first-order chi connectivity index (χ1) is 14.1. The molecule has 2 amide bonds. The Morgan fingerprint density at radius 1 is 1.07 bits per heavy atom. The fourth-order valence-corrected chi connectivity index (χ4v) is 3.18. The summed E-state index contributed by atoms with van der Waals surface area (Å²) in [7, 11) is 0. The molecule has 3 rings (SSSR count). The molecule has 1 aliphatic heterocycles. The predicted octanol–water partition coefficient (Wildman–Crippen LogP) is 3.32. The second-order valence-corrected chi connectivity index (χ2v) is 6.91. The molecular weight excluding hydrogens is 370 g/mol. The molecule has 0 aliphatic carbocycles. The van der Waals surface area contributed by atoms with E-state index in [-0.39, 0.29) is 23.7 Å². The van der Waals surface area contributed by atoms with Crippen molar-refractivity contribution in [3.8, 4) is 0 Å². The molecule has 8 nitrogen and oxygen atoms in total. The van der Waals surface area contributed by atoms with E-state index in [4.69, 9.17) is 4.74 Å². The van der Waals surface area contributed by atoms with E-state index in [1.165, 1.54) is 5.56 Å². The number of aryl methyl sites for hydroxylation is 1. The Hall–Kier alpha value is -3.16. The highest BCUT2D eigenvalue weighted by molar-refractivity contribution is 6.02. The van der Waals surface area contributed by atoms with Crippen LogP contribution in [0.1, 0.15) is 42.7 Å². The van der Waals surface area contributed by atoms with Crippen molar-refractivity contribution >= 4 is 23.5 Å². The van der Waals surface area contributed by atoms with Crippen LogP contribution in [0, 0.1) is 0 Å². The summed E-state index contributed by atoms with van der Waals surface area (Å²) in [6.07, 6.45) is 2.30. The van der Waals surface area contributed by atoms with Crippen molar-refractivity contribution in [3.63, 3.8) is 0 Å². The van der Waals surface area contributed by atoms with Crippen LogP contribution in [-0.2, 0) is 11.2 Å². The summed E-state index contributed by atoms with van der Waals surface area (Å²) >= 11 is 0. The van der Waals surface area contributed by atoms with Gasteiger partial charge in [0.2, 0.25) is 0 Å². The summed E-state index contributed by atoms with van der Waals surface area (Å²) in [5.41, 5.74) is 2.20. The van der Waals surface area contributed by atoms with Gasteiger partial charge in [0, 0.05) is 24.8 Å². The third-order valence-corrected chi connectivity index (χ3v) is 4.89. The van der Waals surface area contributed by atoms with Crippen molar-refractivity contribution < 1.29 is 14.3 Å². The summed E-state index contributed by atoms with van der Waals surface area (Å²) in [6, 6.07) is 11.3. The second kappa shape index (κ2) is 9.86. The third kappa shape index (κ3) is 5.66. The van der Waals surface area contributed by atoms with Gasteiger partial charge < -0.3 is 20.3 Å². The van der Waals surface area contributed by atoms with E-state index >= 15 is 0 Å². The minimum atomic E-state index is -0.295. The summed E-state index contributed by atoms with van der Waals surface area (Å²) in [5, 5.41) is 14.3. The first kappa shape index (κ1) is 20.6. The van der Waals surface area contributed by atoms with Gasteiger partial charge in [-0.05, 0) is 56.0 Å². The Kier molecular flexibility index (Phi) is 6.99. The lowest BCUT2D eigenvalue weighted by Gasteiger charge is -2.31. The molecule has 29 heavy (non-hydrogen) atoms. The Labute approximate surface area is 170 Å². The molecule has 0 spiro atoms. The fourth-order valence-electron chi connectivity index (χ4n) is 3.18. The van der Waals surface area contributed by atoms with E-state index in [1.807, 2.05) is 24.3 Å². The van der Waals surface area contributed by atoms with Gasteiger partial charge >= 0.3 is 6.09 Å². The van der Waals surface area contributed by atoms with Crippen molar-refractivity contribution in [2.24, 2.45) is 0 Å². The van der Waals surface area contributed by atoms with Crippen molar-refractivity contribution in [3.05, 3.63) is 47.7 Å². The molecule has 154 valence electrons. The molecule has 1 aromatic carbocycles. The molecule has 1 saturated heterocycles. The van der Waals surface area contributed by atoms with Gasteiger partial charge in [-0.1, -0.05) is 19.1 Å². The maximum atomic E-state index is 12.3. The number of rotatable bonds is 6. The molecule has 2 aromatic rings. The number of piperidine rings is 1. The number of nitrogens with zero attached hydrogens (tertiary/aromatic N) is 3. The summed E-state index contributed by atoms with van der Waals surface area (Å²) < 4.78 is 5.03. The van der Waals surface area contributed by atoms with E-state index in [2.05, 4.69) is 27.8 Å². The van der Waals surface area contributed by atoms with Crippen molar-refractivity contribution in [2.75, 3.05) is 30.3 Å². The summed E-state index contributed by atoms with van der Waals surface area (Å²) in [6.45, 7) is 5.55. The molecule has 0 unspecified atom stereocenters. The van der Waals surface area contributed by atoms with Crippen LogP contribution in [0.25, 0.3) is 0 Å². The number of hydrogen-bond acceptors (Lipinski definition) is 6. The van der Waals surface area contributed by atoms with E-state index in [1.54, 1.807) is 24.0 Å². The largest absolute Gasteiger partial charge is 0.450 e. The number of likely N-dealkylation sites (tertiary alicyclic amines) is 1. The molecule has 1 aromatic heterocycles. The first-order valence-electron chi connectivity index (χ1n) is 10.0. The highest BCUT2D eigenvalue weighted by Crippen LogP contribution is 2.16.